The minimum atomic E-state index is -0.928. The Bertz CT molecular complexity index is 999. The van der Waals surface area contributed by atoms with Gasteiger partial charge in [0.05, 0.1) is 11.0 Å². The number of hydrogen-bond donors (Lipinski definition) is 0. The lowest BCUT2D eigenvalue weighted by Gasteiger charge is -2.42. The minimum Gasteiger partial charge on any atom is -0.302 e. The molecule has 0 unspecified atom stereocenters. The molecule has 0 fully saturated rings. The SMILES string of the molecule is CCS(CC)(CC)c1ccc2c3ccc(S(CC)(CC)CC)cc3n(S(CC)(CC)CC)c2c1. The van der Waals surface area contributed by atoms with Crippen molar-refractivity contribution in [1.82, 2.24) is 3.97 Å². The first-order chi connectivity index (χ1) is 16.3. The fourth-order valence-corrected chi connectivity index (χ4v) is 15.1. The molecule has 194 valence electrons. The van der Waals surface area contributed by atoms with Crippen LogP contribution >= 0.6 is 30.3 Å². The molecule has 2 aromatic carbocycles. The Morgan fingerprint density at radius 2 is 0.794 bits per heavy atom. The van der Waals surface area contributed by atoms with Crippen molar-refractivity contribution in [1.29, 1.82) is 0 Å². The number of aromatic nitrogens is 1. The van der Waals surface area contributed by atoms with Crippen LogP contribution in [0, 0.1) is 0 Å². The van der Waals surface area contributed by atoms with Gasteiger partial charge in [0.15, 0.2) is 0 Å². The van der Waals surface area contributed by atoms with Gasteiger partial charge in [-0.2, -0.15) is 10.2 Å². The molecule has 1 nitrogen and oxygen atoms in total. The molecule has 0 radical (unpaired) electrons. The molecular formula is C30H51NS3. The van der Waals surface area contributed by atoms with Crippen LogP contribution in [0.2, 0.25) is 0 Å². The van der Waals surface area contributed by atoms with E-state index >= 15 is 0 Å². The molecule has 1 aromatic heterocycles. The van der Waals surface area contributed by atoms with Crippen molar-refractivity contribution in [3.8, 4) is 0 Å². The number of nitrogens with zero attached hydrogens (tertiary/aromatic N) is 1. The Labute approximate surface area is 215 Å². The summed E-state index contributed by atoms with van der Waals surface area (Å²) in [5.74, 6) is 11.5. The van der Waals surface area contributed by atoms with Gasteiger partial charge in [-0.1, -0.05) is 74.4 Å². The van der Waals surface area contributed by atoms with Gasteiger partial charge in [0, 0.05) is 10.8 Å². The standard InChI is InChI=1S/C30H51NS3/c1-10-32(11-2,12-3)25-19-21-27-28-22-20-26(33(13-4,14-5)15-6)24-30(28)31(29(27)23-25)34(16-7,17-8)18-9/h19-24H,10-18H2,1-9H3. The fraction of sp³-hybridized carbons (Fsp3) is 0.600. The van der Waals surface area contributed by atoms with Crippen LogP contribution in [0.25, 0.3) is 21.8 Å². The highest BCUT2D eigenvalue weighted by Gasteiger charge is 2.29. The highest BCUT2D eigenvalue weighted by molar-refractivity contribution is 8.34. The van der Waals surface area contributed by atoms with E-state index in [1.54, 1.807) is 9.79 Å². The summed E-state index contributed by atoms with van der Waals surface area (Å²) in [6.07, 6.45) is 0. The highest BCUT2D eigenvalue weighted by Crippen LogP contribution is 2.60. The molecule has 0 aliphatic heterocycles. The van der Waals surface area contributed by atoms with Gasteiger partial charge in [-0.05, 0) is 85.8 Å². The fourth-order valence-electron chi connectivity index (χ4n) is 6.12. The Morgan fingerprint density at radius 1 is 0.471 bits per heavy atom. The maximum Gasteiger partial charge on any atom is 0.0598 e. The molecule has 3 aromatic rings. The summed E-state index contributed by atoms with van der Waals surface area (Å²) >= 11 is 0. The molecule has 0 spiro atoms. The van der Waals surface area contributed by atoms with Crippen LogP contribution in [0.3, 0.4) is 0 Å². The first-order valence-electron chi connectivity index (χ1n) is 13.7. The van der Waals surface area contributed by atoms with E-state index in [9.17, 15) is 0 Å². The van der Waals surface area contributed by atoms with E-state index in [1.807, 2.05) is 0 Å². The molecule has 0 aliphatic carbocycles. The van der Waals surface area contributed by atoms with Gasteiger partial charge in [-0.25, -0.2) is 20.1 Å². The zero-order chi connectivity index (χ0) is 25.1. The molecule has 1 heterocycles. The van der Waals surface area contributed by atoms with Gasteiger partial charge >= 0.3 is 0 Å². The van der Waals surface area contributed by atoms with Gasteiger partial charge in [0.2, 0.25) is 0 Å². The molecular weight excluding hydrogens is 471 g/mol. The van der Waals surface area contributed by atoms with E-state index in [4.69, 9.17) is 0 Å². The first kappa shape index (κ1) is 27.9. The van der Waals surface area contributed by atoms with Crippen LogP contribution in [0.5, 0.6) is 0 Å². The smallest absolute Gasteiger partial charge is 0.0598 e. The van der Waals surface area contributed by atoms with E-state index in [0.717, 1.165) is 0 Å². The Kier molecular flexibility index (Phi) is 9.13. The number of benzene rings is 2. The summed E-state index contributed by atoms with van der Waals surface area (Å²) in [5.41, 5.74) is 3.03. The van der Waals surface area contributed by atoms with Crippen LogP contribution in [-0.2, 0) is 0 Å². The van der Waals surface area contributed by atoms with Gasteiger partial charge in [0.25, 0.3) is 0 Å². The van der Waals surface area contributed by atoms with Crippen molar-refractivity contribution in [3.63, 3.8) is 0 Å². The number of rotatable bonds is 12. The van der Waals surface area contributed by atoms with Gasteiger partial charge in [-0.15, -0.1) is 0 Å². The van der Waals surface area contributed by atoms with Crippen LogP contribution in [0.4, 0.5) is 0 Å². The maximum atomic E-state index is 2.89. The molecule has 4 heteroatoms. The Morgan fingerprint density at radius 3 is 1.06 bits per heavy atom. The van der Waals surface area contributed by atoms with E-state index in [1.165, 1.54) is 73.6 Å². The lowest BCUT2D eigenvalue weighted by atomic mass is 10.1. The minimum absolute atomic E-state index is 0.743. The lowest BCUT2D eigenvalue weighted by molar-refractivity contribution is 1.22. The van der Waals surface area contributed by atoms with Gasteiger partial charge in [-0.3, -0.25) is 0 Å². The van der Waals surface area contributed by atoms with Crippen molar-refractivity contribution in [2.24, 2.45) is 0 Å². The molecule has 0 atom stereocenters. The summed E-state index contributed by atoms with van der Waals surface area (Å²) in [6.45, 7) is 21.8. The van der Waals surface area contributed by atoms with Crippen LogP contribution in [0.15, 0.2) is 46.2 Å². The third kappa shape index (κ3) is 4.24. The number of fused-ring (bicyclic) bond motifs is 3. The second-order valence-corrected chi connectivity index (χ2v) is 22.0. The third-order valence-electron chi connectivity index (χ3n) is 8.98. The van der Waals surface area contributed by atoms with Crippen LogP contribution < -0.4 is 0 Å². The predicted octanol–water partition coefficient (Wildman–Crippen LogP) is 9.87. The second-order valence-electron chi connectivity index (χ2n) is 9.34. The van der Waals surface area contributed by atoms with E-state index in [2.05, 4.69) is 103 Å². The van der Waals surface area contributed by atoms with Crippen molar-refractivity contribution in [3.05, 3.63) is 36.4 Å². The molecule has 0 amide bonds. The quantitative estimate of drug-likeness (QED) is 0.223. The lowest BCUT2D eigenvalue weighted by Crippen LogP contribution is -2.18. The van der Waals surface area contributed by atoms with Crippen LogP contribution in [0.1, 0.15) is 62.3 Å². The summed E-state index contributed by atoms with van der Waals surface area (Å²) in [7, 11) is -2.42. The summed E-state index contributed by atoms with van der Waals surface area (Å²) in [6, 6.07) is 15.2. The third-order valence-corrected chi connectivity index (χ3v) is 22.5. The molecule has 3 rings (SSSR count). The monoisotopic (exact) mass is 521 g/mol. The van der Waals surface area contributed by atoms with E-state index < -0.39 is 30.3 Å². The van der Waals surface area contributed by atoms with Crippen LogP contribution in [-0.4, -0.2) is 55.7 Å². The molecule has 0 N–H and O–H groups in total. The summed E-state index contributed by atoms with van der Waals surface area (Å²) in [5, 5.41) is 2.94. The Hall–Kier alpha value is -0.710. The average molecular weight is 522 g/mol. The zero-order valence-electron chi connectivity index (χ0n) is 23.5. The molecule has 34 heavy (non-hydrogen) atoms. The largest absolute Gasteiger partial charge is 0.302 e. The van der Waals surface area contributed by atoms with Gasteiger partial charge in [0.1, 0.15) is 0 Å². The topological polar surface area (TPSA) is 4.93 Å². The number of hydrogen-bond acceptors (Lipinski definition) is 0. The molecule has 0 saturated carbocycles. The Balaban J connectivity index is 2.48. The maximum absolute atomic E-state index is 2.89. The highest BCUT2D eigenvalue weighted by atomic mass is 32.3. The normalized spacial score (nSPS) is 14.7. The van der Waals surface area contributed by atoms with Crippen molar-refractivity contribution >= 4 is 52.1 Å². The predicted molar refractivity (Wildman–Crippen MR) is 169 cm³/mol. The van der Waals surface area contributed by atoms with Crippen molar-refractivity contribution in [2.75, 3.05) is 51.8 Å². The summed E-state index contributed by atoms with van der Waals surface area (Å²) in [4.78, 5) is 3.26. The summed E-state index contributed by atoms with van der Waals surface area (Å²) < 4.78 is 2.89. The first-order valence-corrected chi connectivity index (χ1v) is 20.1. The molecule has 0 aliphatic rings. The molecule has 0 bridgehead atoms. The van der Waals surface area contributed by atoms with Gasteiger partial charge < -0.3 is 3.97 Å². The second kappa shape index (κ2) is 11.1. The molecule has 0 saturated heterocycles. The van der Waals surface area contributed by atoms with Crippen molar-refractivity contribution in [2.45, 2.75) is 72.1 Å². The average Bonchev–Trinajstić information content (AvgIpc) is 3.22. The zero-order valence-corrected chi connectivity index (χ0v) is 25.9. The van der Waals surface area contributed by atoms with E-state index in [-0.39, 0.29) is 0 Å². The van der Waals surface area contributed by atoms with Crippen molar-refractivity contribution < 1.29 is 0 Å². The van der Waals surface area contributed by atoms with E-state index in [0.29, 0.717) is 0 Å².